The number of methoxy groups -OCH3 is 1. The Balaban J connectivity index is 0.00000225. The van der Waals surface area contributed by atoms with Crippen molar-refractivity contribution in [3.63, 3.8) is 0 Å². The van der Waals surface area contributed by atoms with Gasteiger partial charge in [-0.25, -0.2) is 4.39 Å². The predicted octanol–water partition coefficient (Wildman–Crippen LogP) is 5.95. The molecule has 0 heterocycles. The third-order valence-electron chi connectivity index (χ3n) is 3.51. The van der Waals surface area contributed by atoms with Gasteiger partial charge in [0.05, 0.1) is 12.7 Å². The van der Waals surface area contributed by atoms with Crippen LogP contribution in [0.15, 0.2) is 60.7 Å². The van der Waals surface area contributed by atoms with E-state index in [-0.39, 0.29) is 18.2 Å². The Morgan fingerprint density at radius 1 is 0.960 bits per heavy atom. The molecule has 0 aliphatic carbocycles. The predicted molar refractivity (Wildman–Crippen MR) is 102 cm³/mol. The lowest BCUT2D eigenvalue weighted by molar-refractivity contribution is 0.405. The Kier molecular flexibility index (Phi) is 6.12. The topological polar surface area (TPSA) is 44.5 Å². The molecule has 0 bridgehead atoms. The maximum Gasteiger partial charge on any atom is 0.177 e. The average molecular weight is 380 g/mol. The van der Waals surface area contributed by atoms with Crippen LogP contribution in [-0.4, -0.2) is 7.11 Å². The lowest BCUT2D eigenvalue weighted by atomic mass is 10.0. The van der Waals surface area contributed by atoms with Crippen LogP contribution in [0.4, 0.5) is 10.1 Å². The summed E-state index contributed by atoms with van der Waals surface area (Å²) in [6, 6.07) is 16.8. The van der Waals surface area contributed by atoms with E-state index in [4.69, 9.17) is 26.8 Å². The SMILES string of the molecule is COc1ccc(Oc2ccc(N)cc2)c(F)c1-c1cccc(Cl)c1.Cl. The fourth-order valence-corrected chi connectivity index (χ4v) is 2.55. The monoisotopic (exact) mass is 379 g/mol. The van der Waals surface area contributed by atoms with Crippen LogP contribution >= 0.6 is 24.0 Å². The fourth-order valence-electron chi connectivity index (χ4n) is 2.36. The molecule has 0 fully saturated rings. The van der Waals surface area contributed by atoms with Crippen LogP contribution in [0.5, 0.6) is 17.2 Å². The molecule has 0 aromatic heterocycles. The van der Waals surface area contributed by atoms with Crippen LogP contribution in [0.3, 0.4) is 0 Å². The van der Waals surface area contributed by atoms with Gasteiger partial charge in [-0.15, -0.1) is 12.4 Å². The second-order valence-electron chi connectivity index (χ2n) is 5.14. The van der Waals surface area contributed by atoms with E-state index in [0.717, 1.165) is 0 Å². The van der Waals surface area contributed by atoms with Crippen LogP contribution in [0.1, 0.15) is 0 Å². The highest BCUT2D eigenvalue weighted by Crippen LogP contribution is 2.39. The molecule has 0 amide bonds. The van der Waals surface area contributed by atoms with Gasteiger partial charge in [-0.3, -0.25) is 0 Å². The molecule has 0 saturated heterocycles. The van der Waals surface area contributed by atoms with Crippen molar-refractivity contribution in [3.8, 4) is 28.4 Å². The normalized spacial score (nSPS) is 10.0. The Morgan fingerprint density at radius 3 is 2.28 bits per heavy atom. The zero-order chi connectivity index (χ0) is 17.1. The van der Waals surface area contributed by atoms with Gasteiger partial charge in [0.25, 0.3) is 0 Å². The van der Waals surface area contributed by atoms with Crippen molar-refractivity contribution in [2.75, 3.05) is 12.8 Å². The summed E-state index contributed by atoms with van der Waals surface area (Å²) in [5, 5.41) is 0.513. The van der Waals surface area contributed by atoms with Gasteiger partial charge in [-0.05, 0) is 54.1 Å². The maximum atomic E-state index is 15.0. The molecule has 0 radical (unpaired) electrons. The van der Waals surface area contributed by atoms with Gasteiger partial charge in [-0.2, -0.15) is 0 Å². The molecule has 2 N–H and O–H groups in total. The summed E-state index contributed by atoms with van der Waals surface area (Å²) >= 11 is 6.02. The Hall–Kier alpha value is -2.43. The molecular weight excluding hydrogens is 364 g/mol. The van der Waals surface area contributed by atoms with E-state index in [1.165, 1.54) is 13.2 Å². The fraction of sp³-hybridized carbons (Fsp3) is 0.0526. The highest BCUT2D eigenvalue weighted by molar-refractivity contribution is 6.30. The summed E-state index contributed by atoms with van der Waals surface area (Å²) in [6.07, 6.45) is 0. The van der Waals surface area contributed by atoms with Gasteiger partial charge < -0.3 is 15.2 Å². The largest absolute Gasteiger partial charge is 0.496 e. The van der Waals surface area contributed by atoms with Crippen molar-refractivity contribution in [1.82, 2.24) is 0 Å². The minimum absolute atomic E-state index is 0. The second-order valence-corrected chi connectivity index (χ2v) is 5.57. The number of anilines is 1. The van der Waals surface area contributed by atoms with Gasteiger partial charge in [-0.1, -0.05) is 23.7 Å². The van der Waals surface area contributed by atoms with Crippen molar-refractivity contribution >= 4 is 29.7 Å². The molecule has 3 aromatic rings. The van der Waals surface area contributed by atoms with Crippen molar-refractivity contribution in [2.45, 2.75) is 0 Å². The van der Waals surface area contributed by atoms with Crippen molar-refractivity contribution in [2.24, 2.45) is 0 Å². The minimum Gasteiger partial charge on any atom is -0.496 e. The van der Waals surface area contributed by atoms with Gasteiger partial charge >= 0.3 is 0 Å². The second kappa shape index (κ2) is 8.10. The standard InChI is InChI=1S/C19H15ClFNO2.ClH/c1-23-16-9-10-17(24-15-7-5-14(22)6-8-15)19(21)18(16)12-3-2-4-13(20)11-12;/h2-11H,22H2,1H3;1H. The van der Waals surface area contributed by atoms with Crippen LogP contribution < -0.4 is 15.2 Å². The van der Waals surface area contributed by atoms with Crippen molar-refractivity contribution < 1.29 is 13.9 Å². The van der Waals surface area contributed by atoms with E-state index in [9.17, 15) is 0 Å². The molecule has 0 unspecified atom stereocenters. The lowest BCUT2D eigenvalue weighted by Crippen LogP contribution is -1.96. The Labute approximate surface area is 156 Å². The van der Waals surface area contributed by atoms with Crippen LogP contribution in [0.2, 0.25) is 5.02 Å². The average Bonchev–Trinajstić information content (AvgIpc) is 2.58. The first-order valence-corrected chi connectivity index (χ1v) is 7.62. The summed E-state index contributed by atoms with van der Waals surface area (Å²) in [7, 11) is 1.49. The summed E-state index contributed by atoms with van der Waals surface area (Å²) in [6.45, 7) is 0. The van der Waals surface area contributed by atoms with Gasteiger partial charge in [0.2, 0.25) is 0 Å². The summed E-state index contributed by atoms with van der Waals surface area (Å²) < 4.78 is 26.0. The van der Waals surface area contributed by atoms with Crippen LogP contribution in [-0.2, 0) is 0 Å². The summed E-state index contributed by atoms with van der Waals surface area (Å²) in [5.74, 6) is 0.466. The third kappa shape index (κ3) is 4.16. The molecule has 130 valence electrons. The van der Waals surface area contributed by atoms with E-state index in [1.807, 2.05) is 0 Å². The van der Waals surface area contributed by atoms with Gasteiger partial charge in [0.15, 0.2) is 11.6 Å². The van der Waals surface area contributed by atoms with Crippen molar-refractivity contribution in [3.05, 3.63) is 71.5 Å². The number of nitrogens with two attached hydrogens (primary N) is 1. The number of rotatable bonds is 4. The molecule has 25 heavy (non-hydrogen) atoms. The number of hydrogen-bond donors (Lipinski definition) is 1. The Morgan fingerprint density at radius 2 is 1.64 bits per heavy atom. The molecule has 3 nitrogen and oxygen atoms in total. The molecule has 0 saturated carbocycles. The molecule has 0 aliphatic rings. The summed E-state index contributed by atoms with van der Waals surface area (Å²) in [4.78, 5) is 0. The zero-order valence-electron chi connectivity index (χ0n) is 13.3. The smallest absolute Gasteiger partial charge is 0.177 e. The van der Waals surface area contributed by atoms with Crippen LogP contribution in [0.25, 0.3) is 11.1 Å². The van der Waals surface area contributed by atoms with Gasteiger partial charge in [0, 0.05) is 10.7 Å². The minimum atomic E-state index is -0.520. The molecular formula is C19H16Cl2FNO2. The van der Waals surface area contributed by atoms with E-state index in [2.05, 4.69) is 0 Å². The van der Waals surface area contributed by atoms with Crippen molar-refractivity contribution in [1.29, 1.82) is 0 Å². The molecule has 3 rings (SSSR count). The molecule has 0 spiro atoms. The highest BCUT2D eigenvalue weighted by atomic mass is 35.5. The number of halogens is 3. The number of nitrogen functional groups attached to an aromatic ring is 1. The number of ether oxygens (including phenoxy) is 2. The van der Waals surface area contributed by atoms with Crippen LogP contribution in [0, 0.1) is 5.82 Å². The maximum absolute atomic E-state index is 15.0. The lowest BCUT2D eigenvalue weighted by Gasteiger charge is -2.14. The first kappa shape index (κ1) is 18.9. The quantitative estimate of drug-likeness (QED) is 0.569. The van der Waals surface area contributed by atoms with E-state index >= 15 is 4.39 Å². The van der Waals surface area contributed by atoms with E-state index in [0.29, 0.717) is 33.3 Å². The van der Waals surface area contributed by atoms with E-state index < -0.39 is 5.82 Å². The zero-order valence-corrected chi connectivity index (χ0v) is 14.9. The third-order valence-corrected chi connectivity index (χ3v) is 3.74. The molecule has 0 aliphatic heterocycles. The number of benzene rings is 3. The van der Waals surface area contributed by atoms with E-state index in [1.54, 1.807) is 54.6 Å². The number of hydrogen-bond acceptors (Lipinski definition) is 3. The first-order chi connectivity index (χ1) is 11.6. The van der Waals surface area contributed by atoms with Gasteiger partial charge in [0.1, 0.15) is 11.5 Å². The first-order valence-electron chi connectivity index (χ1n) is 7.24. The summed E-state index contributed by atoms with van der Waals surface area (Å²) in [5.41, 5.74) is 7.16. The molecule has 0 atom stereocenters. The Bertz CT molecular complexity index is 870. The molecule has 6 heteroatoms. The molecule has 3 aromatic carbocycles. The highest BCUT2D eigenvalue weighted by Gasteiger charge is 2.18.